The van der Waals surface area contributed by atoms with Crippen LogP contribution >= 0.6 is 0 Å². The monoisotopic (exact) mass is 366 g/mol. The van der Waals surface area contributed by atoms with E-state index < -0.39 is 5.92 Å². The van der Waals surface area contributed by atoms with Crippen molar-refractivity contribution in [2.24, 2.45) is 0 Å². The lowest BCUT2D eigenvalue weighted by Crippen LogP contribution is -2.57. The van der Waals surface area contributed by atoms with E-state index in [9.17, 15) is 9.59 Å². The van der Waals surface area contributed by atoms with Crippen LogP contribution in [0.1, 0.15) is 23.5 Å². The molecule has 4 rings (SSSR count). The fourth-order valence-electron chi connectivity index (χ4n) is 3.58. The predicted molar refractivity (Wildman–Crippen MR) is 101 cm³/mol. The van der Waals surface area contributed by atoms with Crippen LogP contribution in [-0.2, 0) is 9.59 Å². The Labute approximate surface area is 158 Å². The topological polar surface area (TPSA) is 67.9 Å². The molecule has 2 aromatic carbocycles. The van der Waals surface area contributed by atoms with E-state index in [4.69, 9.17) is 9.47 Å². The molecule has 0 unspecified atom stereocenters. The van der Waals surface area contributed by atoms with Gasteiger partial charge in [-0.05, 0) is 48.4 Å². The first-order valence-corrected chi connectivity index (χ1v) is 9.03. The number of ether oxygens (including phenoxy) is 2. The van der Waals surface area contributed by atoms with Gasteiger partial charge in [0.05, 0.1) is 26.1 Å². The summed E-state index contributed by atoms with van der Waals surface area (Å²) in [5.74, 6) is 0.831. The zero-order valence-corrected chi connectivity index (χ0v) is 15.4. The number of carbonyl (C=O) groups is 2. The highest BCUT2D eigenvalue weighted by Crippen LogP contribution is 2.37. The number of aryl methyl sites for hydroxylation is 1. The number of nitrogens with one attached hydrogen (secondary N) is 1. The molecule has 0 spiro atoms. The van der Waals surface area contributed by atoms with Crippen molar-refractivity contribution < 1.29 is 19.1 Å². The van der Waals surface area contributed by atoms with Crippen molar-refractivity contribution in [2.45, 2.75) is 25.4 Å². The van der Waals surface area contributed by atoms with Crippen LogP contribution in [0.5, 0.6) is 11.5 Å². The molecule has 0 saturated carbocycles. The summed E-state index contributed by atoms with van der Waals surface area (Å²) in [5, 5.41) is 2.83. The van der Waals surface area contributed by atoms with Crippen LogP contribution in [0.3, 0.4) is 0 Å². The Morgan fingerprint density at radius 3 is 2.70 bits per heavy atom. The van der Waals surface area contributed by atoms with Crippen LogP contribution in [0, 0.1) is 6.92 Å². The summed E-state index contributed by atoms with van der Waals surface area (Å²) in [6.45, 7) is 3.08. The van der Waals surface area contributed by atoms with Crippen molar-refractivity contribution in [3.63, 3.8) is 0 Å². The van der Waals surface area contributed by atoms with Crippen LogP contribution in [-0.4, -0.2) is 43.0 Å². The first-order chi connectivity index (χ1) is 13.0. The lowest BCUT2D eigenvalue weighted by molar-refractivity contribution is -0.143. The molecule has 0 radical (unpaired) electrons. The zero-order valence-electron chi connectivity index (χ0n) is 15.4. The van der Waals surface area contributed by atoms with Gasteiger partial charge in [0.1, 0.15) is 17.6 Å². The standard InChI is InChI=1S/C21H22N2O4/c1-13-4-3-5-15(8-13)27-16-11-23(12-16)21(25)18-10-20(24)22-19-7-6-14(26-2)9-17(18)19/h3-9,16,18H,10-12H2,1-2H3,(H,22,24)/t18-/m0/s1. The molecule has 6 heteroatoms. The third kappa shape index (κ3) is 3.47. The Morgan fingerprint density at radius 2 is 1.96 bits per heavy atom. The van der Waals surface area contributed by atoms with Crippen molar-refractivity contribution >= 4 is 17.5 Å². The maximum atomic E-state index is 13.0. The van der Waals surface area contributed by atoms with Gasteiger partial charge in [-0.2, -0.15) is 0 Å². The second kappa shape index (κ2) is 6.95. The molecule has 1 fully saturated rings. The lowest BCUT2D eigenvalue weighted by Gasteiger charge is -2.41. The van der Waals surface area contributed by atoms with Gasteiger partial charge >= 0.3 is 0 Å². The average Bonchev–Trinajstić information content (AvgIpc) is 2.63. The molecule has 2 aliphatic heterocycles. The van der Waals surface area contributed by atoms with Crippen LogP contribution in [0.2, 0.25) is 0 Å². The average molecular weight is 366 g/mol. The molecule has 2 heterocycles. The molecule has 0 bridgehead atoms. The molecule has 2 amide bonds. The van der Waals surface area contributed by atoms with Crippen LogP contribution in [0.15, 0.2) is 42.5 Å². The summed E-state index contributed by atoms with van der Waals surface area (Å²) in [4.78, 5) is 26.8. The molecule has 1 saturated heterocycles. The number of rotatable bonds is 4. The number of methoxy groups -OCH3 is 1. The summed E-state index contributed by atoms with van der Waals surface area (Å²) in [6.07, 6.45) is 0.136. The molecule has 2 aliphatic rings. The molecule has 0 aromatic heterocycles. The fraction of sp³-hybridized carbons (Fsp3) is 0.333. The number of amides is 2. The molecule has 27 heavy (non-hydrogen) atoms. The number of anilines is 1. The number of carbonyl (C=O) groups excluding carboxylic acids is 2. The van der Waals surface area contributed by atoms with E-state index >= 15 is 0 Å². The molecule has 6 nitrogen and oxygen atoms in total. The molecular weight excluding hydrogens is 344 g/mol. The number of likely N-dealkylation sites (tertiary alicyclic amines) is 1. The van der Waals surface area contributed by atoms with Gasteiger partial charge in [0.15, 0.2) is 0 Å². The summed E-state index contributed by atoms with van der Waals surface area (Å²) < 4.78 is 11.2. The number of hydrogen-bond donors (Lipinski definition) is 1. The lowest BCUT2D eigenvalue weighted by atomic mass is 9.88. The molecule has 1 atom stereocenters. The van der Waals surface area contributed by atoms with E-state index in [1.165, 1.54) is 0 Å². The smallest absolute Gasteiger partial charge is 0.230 e. The van der Waals surface area contributed by atoms with E-state index in [1.54, 1.807) is 24.1 Å². The van der Waals surface area contributed by atoms with Crippen molar-refractivity contribution in [3.8, 4) is 11.5 Å². The van der Waals surface area contributed by atoms with Gasteiger partial charge < -0.3 is 19.7 Å². The van der Waals surface area contributed by atoms with Gasteiger partial charge in [-0.15, -0.1) is 0 Å². The summed E-state index contributed by atoms with van der Waals surface area (Å²) in [7, 11) is 1.59. The van der Waals surface area contributed by atoms with E-state index in [2.05, 4.69) is 5.32 Å². The van der Waals surface area contributed by atoms with Crippen LogP contribution in [0.4, 0.5) is 5.69 Å². The molecular formula is C21H22N2O4. The van der Waals surface area contributed by atoms with Crippen molar-refractivity contribution in [1.82, 2.24) is 4.90 Å². The van der Waals surface area contributed by atoms with Crippen molar-refractivity contribution in [3.05, 3.63) is 53.6 Å². The largest absolute Gasteiger partial charge is 0.497 e. The highest BCUT2D eigenvalue weighted by molar-refractivity contribution is 6.01. The van der Waals surface area contributed by atoms with E-state index in [0.29, 0.717) is 24.5 Å². The normalized spacial score (nSPS) is 19.0. The first-order valence-electron chi connectivity index (χ1n) is 9.03. The minimum Gasteiger partial charge on any atom is -0.497 e. The van der Waals surface area contributed by atoms with Crippen LogP contribution < -0.4 is 14.8 Å². The predicted octanol–water partition coefficient (Wildman–Crippen LogP) is 2.72. The van der Waals surface area contributed by atoms with Crippen LogP contribution in [0.25, 0.3) is 0 Å². The molecule has 140 valence electrons. The van der Waals surface area contributed by atoms with Gasteiger partial charge in [-0.3, -0.25) is 9.59 Å². The van der Waals surface area contributed by atoms with Gasteiger partial charge in [0.25, 0.3) is 0 Å². The van der Waals surface area contributed by atoms with Crippen molar-refractivity contribution in [2.75, 3.05) is 25.5 Å². The second-order valence-corrected chi connectivity index (χ2v) is 7.06. The first kappa shape index (κ1) is 17.4. The SMILES string of the molecule is COc1ccc2c(c1)[C@@H](C(=O)N1CC(Oc3cccc(C)c3)C1)CC(=O)N2. The summed E-state index contributed by atoms with van der Waals surface area (Å²) >= 11 is 0. The maximum absolute atomic E-state index is 13.0. The number of benzene rings is 2. The van der Waals surface area contributed by atoms with E-state index in [1.807, 2.05) is 37.3 Å². The molecule has 1 N–H and O–H groups in total. The Kier molecular flexibility index (Phi) is 4.48. The van der Waals surface area contributed by atoms with Gasteiger partial charge in [-0.1, -0.05) is 12.1 Å². The van der Waals surface area contributed by atoms with Crippen molar-refractivity contribution in [1.29, 1.82) is 0 Å². The van der Waals surface area contributed by atoms with Gasteiger partial charge in [-0.25, -0.2) is 0 Å². The summed E-state index contributed by atoms with van der Waals surface area (Å²) in [6, 6.07) is 13.3. The van der Waals surface area contributed by atoms with Gasteiger partial charge in [0, 0.05) is 12.1 Å². The Morgan fingerprint density at radius 1 is 1.15 bits per heavy atom. The summed E-state index contributed by atoms with van der Waals surface area (Å²) in [5.41, 5.74) is 2.62. The Bertz CT molecular complexity index is 890. The third-order valence-corrected chi connectivity index (χ3v) is 5.05. The number of fused-ring (bicyclic) bond motifs is 1. The molecule has 2 aromatic rings. The minimum absolute atomic E-state index is 0.0158. The zero-order chi connectivity index (χ0) is 19.0. The highest BCUT2D eigenvalue weighted by Gasteiger charge is 2.39. The van der Waals surface area contributed by atoms with Gasteiger partial charge in [0.2, 0.25) is 11.8 Å². The highest BCUT2D eigenvalue weighted by atomic mass is 16.5. The molecule has 0 aliphatic carbocycles. The fourth-order valence-corrected chi connectivity index (χ4v) is 3.58. The number of hydrogen-bond acceptors (Lipinski definition) is 4. The maximum Gasteiger partial charge on any atom is 0.230 e. The Hall–Kier alpha value is -3.02. The minimum atomic E-state index is -0.483. The van der Waals surface area contributed by atoms with E-state index in [-0.39, 0.29) is 24.3 Å². The quantitative estimate of drug-likeness (QED) is 0.903. The third-order valence-electron chi connectivity index (χ3n) is 5.05. The second-order valence-electron chi connectivity index (χ2n) is 7.06. The number of nitrogens with zero attached hydrogens (tertiary/aromatic N) is 1. The Balaban J connectivity index is 1.44. The van der Waals surface area contributed by atoms with E-state index in [0.717, 1.165) is 16.9 Å².